The number of aliphatic hydroxyl groups excluding tert-OH is 1. The van der Waals surface area contributed by atoms with Crippen LogP contribution in [0, 0.1) is 17.8 Å². The number of rotatable bonds is 5. The van der Waals surface area contributed by atoms with E-state index in [1.807, 2.05) is 0 Å². The summed E-state index contributed by atoms with van der Waals surface area (Å²) in [4.78, 5) is 2.47. The van der Waals surface area contributed by atoms with E-state index in [4.69, 9.17) is 0 Å². The number of likely N-dealkylation sites (tertiary alicyclic amines) is 1. The smallest absolute Gasteiger partial charge is 0.0829 e. The van der Waals surface area contributed by atoms with E-state index in [9.17, 15) is 5.11 Å². The molecule has 0 aromatic heterocycles. The number of piperidine rings is 1. The fraction of sp³-hybridized carbons (Fsp3) is 0.882. The normalized spacial score (nSPS) is 30.7. The van der Waals surface area contributed by atoms with Crippen LogP contribution in [0.4, 0.5) is 0 Å². The third-order valence-corrected chi connectivity index (χ3v) is 4.84. The fourth-order valence-corrected chi connectivity index (χ4v) is 3.78. The minimum absolute atomic E-state index is 0.107. The van der Waals surface area contributed by atoms with Gasteiger partial charge in [-0.1, -0.05) is 38.5 Å². The number of hydrogen-bond acceptors (Lipinski definition) is 2. The summed E-state index contributed by atoms with van der Waals surface area (Å²) < 4.78 is 0. The first kappa shape index (κ1) is 14.9. The van der Waals surface area contributed by atoms with Crippen LogP contribution in [0.25, 0.3) is 0 Å². The van der Waals surface area contributed by atoms with Crippen molar-refractivity contribution in [1.29, 1.82) is 0 Å². The van der Waals surface area contributed by atoms with Gasteiger partial charge in [0.25, 0.3) is 0 Å². The zero-order valence-electron chi connectivity index (χ0n) is 12.5. The lowest BCUT2D eigenvalue weighted by Crippen LogP contribution is -2.55. The molecule has 0 radical (unpaired) electrons. The summed E-state index contributed by atoms with van der Waals surface area (Å²) in [6, 6.07) is 0. The minimum Gasteiger partial charge on any atom is -0.395 e. The number of hydrogen-bond donors (Lipinski definition) is 1. The standard InChI is InChI=1S/C17H29NO/c1-2-3-4-5-6-10-17-11-7-8-16(15-17)9-12-18(17)13-14-19/h16,19H,2-5,7-9,11-15H2,1H3/t16-,17-/m0/s1. The van der Waals surface area contributed by atoms with Crippen molar-refractivity contribution in [3.63, 3.8) is 0 Å². The monoisotopic (exact) mass is 263 g/mol. The number of unbranched alkanes of at least 4 members (excludes halogenated alkanes) is 3. The molecule has 2 bridgehead atoms. The number of β-amino-alcohol motifs (C(OH)–C–C–N with tert-alkyl or cyclic N) is 1. The number of fused-ring (bicyclic) bond motifs is 2. The lowest BCUT2D eigenvalue weighted by atomic mass is 9.70. The Balaban J connectivity index is 2.00. The van der Waals surface area contributed by atoms with Crippen molar-refractivity contribution < 1.29 is 5.11 Å². The highest BCUT2D eigenvalue weighted by Gasteiger charge is 2.43. The molecule has 0 unspecified atom stereocenters. The Morgan fingerprint density at radius 1 is 1.32 bits per heavy atom. The van der Waals surface area contributed by atoms with Gasteiger partial charge in [0.15, 0.2) is 0 Å². The third-order valence-electron chi connectivity index (χ3n) is 4.84. The predicted molar refractivity (Wildman–Crippen MR) is 79.9 cm³/mol. The van der Waals surface area contributed by atoms with Gasteiger partial charge in [0.05, 0.1) is 12.1 Å². The predicted octanol–water partition coefficient (Wildman–Crippen LogP) is 3.20. The van der Waals surface area contributed by atoms with Gasteiger partial charge in [0.2, 0.25) is 0 Å². The molecule has 1 N–H and O–H groups in total. The summed E-state index contributed by atoms with van der Waals surface area (Å²) in [5.74, 6) is 7.96. The maximum atomic E-state index is 9.28. The van der Waals surface area contributed by atoms with Gasteiger partial charge in [-0.3, -0.25) is 4.90 Å². The van der Waals surface area contributed by atoms with Crippen molar-refractivity contribution in [2.24, 2.45) is 5.92 Å². The SMILES string of the molecule is CCCCCC#C[C@@]12CCC[C@@H](CCN1CCO)C2. The molecule has 2 fully saturated rings. The van der Waals surface area contributed by atoms with Gasteiger partial charge >= 0.3 is 0 Å². The summed E-state index contributed by atoms with van der Waals surface area (Å²) in [6.07, 6.45) is 11.3. The molecular weight excluding hydrogens is 234 g/mol. The van der Waals surface area contributed by atoms with E-state index in [2.05, 4.69) is 23.7 Å². The van der Waals surface area contributed by atoms with E-state index < -0.39 is 0 Å². The Kier molecular flexibility index (Phi) is 5.73. The van der Waals surface area contributed by atoms with Gasteiger partial charge in [0.1, 0.15) is 0 Å². The summed E-state index contributed by atoms with van der Waals surface area (Å²) in [7, 11) is 0. The summed E-state index contributed by atoms with van der Waals surface area (Å²) in [6.45, 7) is 4.44. The molecule has 1 saturated heterocycles. The lowest BCUT2D eigenvalue weighted by Gasteiger charge is -2.50. The quantitative estimate of drug-likeness (QED) is 0.608. The summed E-state index contributed by atoms with van der Waals surface area (Å²) in [5, 5.41) is 9.28. The molecule has 2 rings (SSSR count). The highest BCUT2D eigenvalue weighted by Crippen LogP contribution is 2.42. The Morgan fingerprint density at radius 2 is 2.21 bits per heavy atom. The van der Waals surface area contributed by atoms with Crippen LogP contribution in [0.5, 0.6) is 0 Å². The molecule has 2 aliphatic rings. The Hall–Kier alpha value is -0.520. The number of aliphatic hydroxyl groups is 1. The van der Waals surface area contributed by atoms with Crippen molar-refractivity contribution >= 4 is 0 Å². The second kappa shape index (κ2) is 7.31. The lowest BCUT2D eigenvalue weighted by molar-refractivity contribution is 0.0150. The van der Waals surface area contributed by atoms with Gasteiger partial charge in [-0.25, -0.2) is 0 Å². The average Bonchev–Trinajstić information content (AvgIpc) is 2.42. The maximum absolute atomic E-state index is 9.28. The molecule has 108 valence electrons. The Bertz CT molecular complexity index is 330. The average molecular weight is 263 g/mol. The van der Waals surface area contributed by atoms with Crippen LogP contribution in [0.15, 0.2) is 0 Å². The van der Waals surface area contributed by atoms with Crippen LogP contribution in [0.3, 0.4) is 0 Å². The first-order valence-corrected chi connectivity index (χ1v) is 8.16. The minimum atomic E-state index is 0.107. The van der Waals surface area contributed by atoms with Gasteiger partial charge in [-0.05, 0) is 38.1 Å². The van der Waals surface area contributed by atoms with Crippen LogP contribution in [-0.2, 0) is 0 Å². The Labute approximate surface area is 118 Å². The highest BCUT2D eigenvalue weighted by molar-refractivity contribution is 5.21. The van der Waals surface area contributed by atoms with Gasteiger partial charge in [-0.15, -0.1) is 5.92 Å². The third kappa shape index (κ3) is 3.74. The molecule has 2 heteroatoms. The molecule has 1 aliphatic carbocycles. The highest BCUT2D eigenvalue weighted by atomic mass is 16.3. The van der Waals surface area contributed by atoms with Crippen molar-refractivity contribution in [3.05, 3.63) is 0 Å². The largest absolute Gasteiger partial charge is 0.395 e. The molecule has 2 atom stereocenters. The second-order valence-corrected chi connectivity index (χ2v) is 6.25. The van der Waals surface area contributed by atoms with Crippen LogP contribution in [0.2, 0.25) is 0 Å². The van der Waals surface area contributed by atoms with Crippen molar-refractivity contribution in [2.75, 3.05) is 19.7 Å². The molecule has 0 amide bonds. The molecule has 0 aromatic rings. The topological polar surface area (TPSA) is 23.5 Å². The first-order valence-electron chi connectivity index (χ1n) is 8.16. The molecule has 2 nitrogen and oxygen atoms in total. The van der Waals surface area contributed by atoms with Crippen LogP contribution >= 0.6 is 0 Å². The Morgan fingerprint density at radius 3 is 3.00 bits per heavy atom. The van der Waals surface area contributed by atoms with E-state index >= 15 is 0 Å². The molecule has 19 heavy (non-hydrogen) atoms. The maximum Gasteiger partial charge on any atom is 0.0829 e. The number of nitrogens with zero attached hydrogens (tertiary/aromatic N) is 1. The van der Waals surface area contributed by atoms with E-state index in [0.29, 0.717) is 0 Å². The van der Waals surface area contributed by atoms with E-state index in [0.717, 1.165) is 25.4 Å². The van der Waals surface area contributed by atoms with E-state index in [1.54, 1.807) is 0 Å². The zero-order chi connectivity index (χ0) is 13.6. The molecule has 0 spiro atoms. The first-order chi connectivity index (χ1) is 9.30. The molecule has 1 aliphatic heterocycles. The molecule has 1 heterocycles. The molecule has 1 saturated carbocycles. The van der Waals surface area contributed by atoms with Crippen LogP contribution < -0.4 is 0 Å². The zero-order valence-corrected chi connectivity index (χ0v) is 12.5. The van der Waals surface area contributed by atoms with Gasteiger partial charge in [0, 0.05) is 13.0 Å². The second-order valence-electron chi connectivity index (χ2n) is 6.25. The summed E-state index contributed by atoms with van der Waals surface area (Å²) in [5.41, 5.74) is 0.107. The van der Waals surface area contributed by atoms with E-state index in [-0.39, 0.29) is 12.1 Å². The van der Waals surface area contributed by atoms with Crippen molar-refractivity contribution in [2.45, 2.75) is 70.3 Å². The fourth-order valence-electron chi connectivity index (χ4n) is 3.78. The van der Waals surface area contributed by atoms with Crippen molar-refractivity contribution in [3.8, 4) is 11.8 Å². The van der Waals surface area contributed by atoms with Gasteiger partial charge in [-0.2, -0.15) is 0 Å². The summed E-state index contributed by atoms with van der Waals surface area (Å²) >= 11 is 0. The van der Waals surface area contributed by atoms with E-state index in [1.165, 1.54) is 51.4 Å². The molecule has 0 aromatic carbocycles. The van der Waals surface area contributed by atoms with Gasteiger partial charge < -0.3 is 5.11 Å². The van der Waals surface area contributed by atoms with Crippen LogP contribution in [-0.4, -0.2) is 35.2 Å². The van der Waals surface area contributed by atoms with Crippen molar-refractivity contribution in [1.82, 2.24) is 4.90 Å². The van der Waals surface area contributed by atoms with Crippen LogP contribution in [0.1, 0.15) is 64.7 Å². The molecular formula is C17H29NO.